The molecule has 0 radical (unpaired) electrons. The highest BCUT2D eigenvalue weighted by Gasteiger charge is 1.89. The molecule has 2 heteroatoms. The van der Waals surface area contributed by atoms with Crippen molar-refractivity contribution in [2.45, 2.75) is 32.6 Å². The molecule has 12 heavy (non-hydrogen) atoms. The Labute approximate surface area is 77.7 Å². The first-order chi connectivity index (χ1) is 5.81. The lowest BCUT2D eigenvalue weighted by atomic mass is 10.3. The van der Waals surface area contributed by atoms with E-state index in [-0.39, 0.29) is 0 Å². The fourth-order valence-electron chi connectivity index (χ4n) is 0.638. The van der Waals surface area contributed by atoms with Crippen LogP contribution in [0.15, 0.2) is 12.7 Å². The highest BCUT2D eigenvalue weighted by Crippen LogP contribution is 1.92. The molecule has 0 aliphatic rings. The molecule has 1 unspecified atom stereocenters. The van der Waals surface area contributed by atoms with Gasteiger partial charge in [-0.05, 0) is 18.1 Å². The SMILES string of the molecule is C=CCCS(=O)C#CCCCC. The highest BCUT2D eigenvalue weighted by atomic mass is 32.2. The Kier molecular flexibility index (Phi) is 8.15. The molecule has 0 fully saturated rings. The topological polar surface area (TPSA) is 17.1 Å². The summed E-state index contributed by atoms with van der Waals surface area (Å²) in [5.74, 6) is 3.54. The van der Waals surface area contributed by atoms with Crippen LogP contribution in [0.25, 0.3) is 0 Å². The molecule has 0 spiro atoms. The van der Waals surface area contributed by atoms with Crippen molar-refractivity contribution in [3.8, 4) is 11.2 Å². The lowest BCUT2D eigenvalue weighted by Crippen LogP contribution is -1.90. The van der Waals surface area contributed by atoms with Crippen LogP contribution in [0.4, 0.5) is 0 Å². The Morgan fingerprint density at radius 2 is 2.33 bits per heavy atom. The molecule has 0 bridgehead atoms. The zero-order valence-electron chi connectivity index (χ0n) is 7.64. The van der Waals surface area contributed by atoms with E-state index in [1.54, 1.807) is 6.08 Å². The molecule has 0 aromatic rings. The Bertz CT molecular complexity index is 198. The van der Waals surface area contributed by atoms with Crippen molar-refractivity contribution in [1.82, 2.24) is 0 Å². The molecule has 0 rings (SSSR count). The molecule has 0 aliphatic carbocycles. The Balaban J connectivity index is 3.49. The summed E-state index contributed by atoms with van der Waals surface area (Å²) in [7, 11) is -0.956. The van der Waals surface area contributed by atoms with Crippen molar-refractivity contribution in [3.63, 3.8) is 0 Å². The van der Waals surface area contributed by atoms with Gasteiger partial charge in [-0.2, -0.15) is 0 Å². The van der Waals surface area contributed by atoms with Crippen molar-refractivity contribution in [2.75, 3.05) is 5.75 Å². The summed E-state index contributed by atoms with van der Waals surface area (Å²) < 4.78 is 11.1. The van der Waals surface area contributed by atoms with E-state index >= 15 is 0 Å². The van der Waals surface area contributed by atoms with Gasteiger partial charge < -0.3 is 0 Å². The Morgan fingerprint density at radius 3 is 2.92 bits per heavy atom. The average molecular weight is 184 g/mol. The number of unbranched alkanes of at least 4 members (excludes halogenated alkanes) is 2. The second kappa shape index (κ2) is 8.55. The van der Waals surface area contributed by atoms with Crippen molar-refractivity contribution in [2.24, 2.45) is 0 Å². The predicted octanol–water partition coefficient (Wildman–Crippen LogP) is 2.46. The lowest BCUT2D eigenvalue weighted by Gasteiger charge is -1.87. The molecule has 0 amide bonds. The smallest absolute Gasteiger partial charge is 0.0977 e. The largest absolute Gasteiger partial charge is 0.246 e. The van der Waals surface area contributed by atoms with Gasteiger partial charge in [-0.3, -0.25) is 0 Å². The summed E-state index contributed by atoms with van der Waals surface area (Å²) >= 11 is 0. The third-order valence-electron chi connectivity index (χ3n) is 1.35. The highest BCUT2D eigenvalue weighted by molar-refractivity contribution is 7.89. The van der Waals surface area contributed by atoms with Gasteiger partial charge in [-0.15, -0.1) is 6.58 Å². The van der Waals surface area contributed by atoms with Crippen LogP contribution >= 0.6 is 0 Å². The third-order valence-corrected chi connectivity index (χ3v) is 2.33. The molecular weight excluding hydrogens is 168 g/mol. The maximum atomic E-state index is 11.1. The average Bonchev–Trinajstić information content (AvgIpc) is 2.09. The van der Waals surface area contributed by atoms with Gasteiger partial charge >= 0.3 is 0 Å². The first-order valence-corrected chi connectivity index (χ1v) is 5.61. The van der Waals surface area contributed by atoms with Crippen molar-refractivity contribution in [1.29, 1.82) is 0 Å². The maximum absolute atomic E-state index is 11.1. The first-order valence-electron chi connectivity index (χ1n) is 4.29. The van der Waals surface area contributed by atoms with E-state index in [1.807, 2.05) is 0 Å². The van der Waals surface area contributed by atoms with Crippen LogP contribution in [0.2, 0.25) is 0 Å². The molecule has 1 nitrogen and oxygen atoms in total. The van der Waals surface area contributed by atoms with Gasteiger partial charge in [0.15, 0.2) is 0 Å². The summed E-state index contributed by atoms with van der Waals surface area (Å²) in [6.45, 7) is 5.68. The second-order valence-corrected chi connectivity index (χ2v) is 3.81. The van der Waals surface area contributed by atoms with Gasteiger partial charge in [0.05, 0.1) is 10.8 Å². The number of hydrogen-bond acceptors (Lipinski definition) is 1. The number of hydrogen-bond donors (Lipinski definition) is 0. The maximum Gasteiger partial charge on any atom is 0.0977 e. The standard InChI is InChI=1S/C10H16OS/c1-3-5-7-8-10-12(11)9-6-4-2/h4H,2-3,5-7,9H2,1H3. The molecule has 0 saturated heterocycles. The van der Waals surface area contributed by atoms with E-state index < -0.39 is 10.8 Å². The van der Waals surface area contributed by atoms with Crippen LogP contribution in [0, 0.1) is 11.2 Å². The minimum atomic E-state index is -0.956. The van der Waals surface area contributed by atoms with E-state index in [0.717, 1.165) is 25.7 Å². The summed E-state index contributed by atoms with van der Waals surface area (Å²) in [4.78, 5) is 0. The predicted molar refractivity (Wildman–Crippen MR) is 55.1 cm³/mol. The van der Waals surface area contributed by atoms with Crippen LogP contribution in [0.5, 0.6) is 0 Å². The molecule has 0 aromatic heterocycles. The zero-order valence-corrected chi connectivity index (χ0v) is 8.45. The van der Waals surface area contributed by atoms with Gasteiger partial charge in [0.25, 0.3) is 0 Å². The lowest BCUT2D eigenvalue weighted by molar-refractivity contribution is 0.689. The van der Waals surface area contributed by atoms with E-state index in [9.17, 15) is 4.21 Å². The van der Waals surface area contributed by atoms with Gasteiger partial charge in [0.1, 0.15) is 0 Å². The minimum Gasteiger partial charge on any atom is -0.246 e. The molecule has 0 saturated carbocycles. The molecule has 68 valence electrons. The van der Waals surface area contributed by atoms with Crippen molar-refractivity contribution >= 4 is 10.8 Å². The van der Waals surface area contributed by atoms with Gasteiger partial charge in [0.2, 0.25) is 0 Å². The van der Waals surface area contributed by atoms with Crippen LogP contribution in [-0.2, 0) is 10.8 Å². The van der Waals surface area contributed by atoms with Gasteiger partial charge in [0, 0.05) is 12.2 Å². The van der Waals surface area contributed by atoms with Crippen LogP contribution in [0.3, 0.4) is 0 Å². The summed E-state index contributed by atoms with van der Waals surface area (Å²) in [6.07, 6.45) is 5.68. The van der Waals surface area contributed by atoms with E-state index in [0.29, 0.717) is 5.75 Å². The molecule has 0 heterocycles. The summed E-state index contributed by atoms with van der Waals surface area (Å²) in [5.41, 5.74) is 0. The third kappa shape index (κ3) is 7.56. The summed E-state index contributed by atoms with van der Waals surface area (Å²) in [5, 5.41) is 2.73. The fourth-order valence-corrected chi connectivity index (χ4v) is 1.38. The fraction of sp³-hybridized carbons (Fsp3) is 0.600. The molecular formula is C10H16OS. The Morgan fingerprint density at radius 1 is 1.58 bits per heavy atom. The van der Waals surface area contributed by atoms with E-state index in [2.05, 4.69) is 24.7 Å². The van der Waals surface area contributed by atoms with E-state index in [1.165, 1.54) is 0 Å². The van der Waals surface area contributed by atoms with E-state index in [4.69, 9.17) is 0 Å². The first kappa shape index (κ1) is 11.4. The second-order valence-electron chi connectivity index (χ2n) is 2.51. The number of rotatable bonds is 5. The van der Waals surface area contributed by atoms with Crippen molar-refractivity contribution < 1.29 is 4.21 Å². The molecule has 0 aromatic carbocycles. The quantitative estimate of drug-likeness (QED) is 0.364. The molecule has 0 N–H and O–H groups in total. The van der Waals surface area contributed by atoms with Gasteiger partial charge in [-0.25, -0.2) is 4.21 Å². The monoisotopic (exact) mass is 184 g/mol. The zero-order chi connectivity index (χ0) is 9.23. The number of allylic oxidation sites excluding steroid dienone is 1. The minimum absolute atomic E-state index is 0.628. The molecule has 1 atom stereocenters. The normalized spacial score (nSPS) is 11.4. The molecule has 0 aliphatic heterocycles. The Hall–Kier alpha value is -0.550. The van der Waals surface area contributed by atoms with Gasteiger partial charge in [-0.1, -0.05) is 25.3 Å². The van der Waals surface area contributed by atoms with Crippen LogP contribution in [-0.4, -0.2) is 9.96 Å². The van der Waals surface area contributed by atoms with Crippen LogP contribution in [0.1, 0.15) is 32.6 Å². The van der Waals surface area contributed by atoms with Crippen LogP contribution < -0.4 is 0 Å². The summed E-state index contributed by atoms with van der Waals surface area (Å²) in [6, 6.07) is 0. The van der Waals surface area contributed by atoms with Crippen molar-refractivity contribution in [3.05, 3.63) is 12.7 Å².